The number of carboxylic acids is 1. The minimum absolute atomic E-state index is 0.0627. The van der Waals surface area contributed by atoms with Gasteiger partial charge in [0, 0.05) is 32.3 Å². The second kappa shape index (κ2) is 8.84. The highest BCUT2D eigenvalue weighted by Crippen LogP contribution is 2.17. The minimum atomic E-state index is -0.949. The van der Waals surface area contributed by atoms with Crippen molar-refractivity contribution in [3.63, 3.8) is 0 Å². The van der Waals surface area contributed by atoms with Crippen molar-refractivity contribution in [1.29, 1.82) is 0 Å². The number of benzene rings is 1. The van der Waals surface area contributed by atoms with Gasteiger partial charge < -0.3 is 10.0 Å². The van der Waals surface area contributed by atoms with E-state index in [1.807, 2.05) is 11.6 Å². The first-order valence-corrected chi connectivity index (χ1v) is 9.28. The van der Waals surface area contributed by atoms with E-state index in [-0.39, 0.29) is 11.5 Å². The van der Waals surface area contributed by atoms with Crippen LogP contribution in [0.25, 0.3) is 0 Å². The number of aromatic carboxylic acids is 1. The highest BCUT2D eigenvalue weighted by molar-refractivity contribution is 5.87. The third-order valence-electron chi connectivity index (χ3n) is 4.70. The quantitative estimate of drug-likeness (QED) is 0.771. The van der Waals surface area contributed by atoms with Crippen LogP contribution in [0.5, 0.6) is 0 Å². The minimum Gasteiger partial charge on any atom is -0.478 e. The molecule has 0 aliphatic rings. The van der Waals surface area contributed by atoms with Crippen LogP contribution < -0.4 is 0 Å². The van der Waals surface area contributed by atoms with Gasteiger partial charge in [0.15, 0.2) is 0 Å². The summed E-state index contributed by atoms with van der Waals surface area (Å²) in [5.74, 6) is -0.362. The van der Waals surface area contributed by atoms with Gasteiger partial charge in [-0.2, -0.15) is 5.10 Å². The molecule has 1 N–H and O–H groups in total. The predicted molar refractivity (Wildman–Crippen MR) is 105 cm³/mol. The summed E-state index contributed by atoms with van der Waals surface area (Å²) in [5.41, 5.74) is 4.45. The number of hydrogen-bond donors (Lipinski definition) is 1. The Morgan fingerprint density at radius 3 is 2.37 bits per heavy atom. The molecule has 1 aromatic heterocycles. The molecule has 6 heteroatoms. The van der Waals surface area contributed by atoms with Crippen LogP contribution in [-0.2, 0) is 24.3 Å². The Morgan fingerprint density at radius 2 is 1.81 bits per heavy atom. The van der Waals surface area contributed by atoms with Crippen molar-refractivity contribution in [2.45, 2.75) is 53.6 Å². The highest BCUT2D eigenvalue weighted by atomic mass is 16.4. The Morgan fingerprint density at radius 1 is 1.19 bits per heavy atom. The van der Waals surface area contributed by atoms with E-state index in [0.717, 1.165) is 29.1 Å². The lowest BCUT2D eigenvalue weighted by Crippen LogP contribution is -2.26. The molecule has 0 fully saturated rings. The fourth-order valence-electron chi connectivity index (χ4n) is 3.16. The Hall–Kier alpha value is -2.63. The second-order valence-corrected chi connectivity index (χ2v) is 7.48. The predicted octanol–water partition coefficient (Wildman–Crippen LogP) is 3.45. The van der Waals surface area contributed by atoms with Crippen LogP contribution in [0.1, 0.15) is 53.1 Å². The Balaban J connectivity index is 1.95. The van der Waals surface area contributed by atoms with Crippen molar-refractivity contribution in [3.8, 4) is 0 Å². The number of nitrogens with zero attached hydrogens (tertiary/aromatic N) is 3. The molecule has 0 saturated heterocycles. The van der Waals surface area contributed by atoms with Crippen molar-refractivity contribution in [3.05, 3.63) is 52.3 Å². The molecule has 2 rings (SSSR count). The molecule has 1 amide bonds. The van der Waals surface area contributed by atoms with Crippen LogP contribution in [0.2, 0.25) is 0 Å². The van der Waals surface area contributed by atoms with Crippen LogP contribution in [-0.4, -0.2) is 38.7 Å². The van der Waals surface area contributed by atoms with Crippen LogP contribution in [0.4, 0.5) is 0 Å². The highest BCUT2D eigenvalue weighted by Gasteiger charge is 2.16. The molecule has 1 heterocycles. The van der Waals surface area contributed by atoms with Gasteiger partial charge >= 0.3 is 5.97 Å². The van der Waals surface area contributed by atoms with E-state index in [2.05, 4.69) is 25.9 Å². The first-order chi connectivity index (χ1) is 12.7. The van der Waals surface area contributed by atoms with Gasteiger partial charge in [-0.15, -0.1) is 0 Å². The Labute approximate surface area is 160 Å². The summed E-state index contributed by atoms with van der Waals surface area (Å²) in [4.78, 5) is 25.1. The lowest BCUT2D eigenvalue weighted by molar-refractivity contribution is -0.130. The smallest absolute Gasteiger partial charge is 0.335 e. The third-order valence-corrected chi connectivity index (χ3v) is 4.70. The molecule has 0 spiro atoms. The lowest BCUT2D eigenvalue weighted by atomic mass is 10.1. The molecule has 0 radical (unpaired) electrons. The second-order valence-electron chi connectivity index (χ2n) is 7.48. The van der Waals surface area contributed by atoms with E-state index in [1.54, 1.807) is 36.2 Å². The van der Waals surface area contributed by atoms with E-state index < -0.39 is 5.97 Å². The third kappa shape index (κ3) is 5.42. The molecular weight excluding hydrogens is 342 g/mol. The van der Waals surface area contributed by atoms with E-state index in [0.29, 0.717) is 25.3 Å². The van der Waals surface area contributed by atoms with E-state index in [1.165, 1.54) is 0 Å². The largest absolute Gasteiger partial charge is 0.478 e. The number of aryl methyl sites for hydroxylation is 1. The molecule has 1 aromatic carbocycles. The zero-order valence-electron chi connectivity index (χ0n) is 16.8. The zero-order chi connectivity index (χ0) is 20.1. The normalized spacial score (nSPS) is 11.0. The van der Waals surface area contributed by atoms with Crippen molar-refractivity contribution in [2.24, 2.45) is 5.92 Å². The summed E-state index contributed by atoms with van der Waals surface area (Å²) in [5, 5.41) is 13.6. The number of carbonyl (C=O) groups is 2. The standard InChI is InChI=1S/C21H29N3O3/c1-14(2)12-24-16(4)19(15(3)22-24)10-11-20(25)23(5)13-17-6-8-18(9-7-17)21(26)27/h6-9,14H,10-13H2,1-5H3,(H,26,27). The van der Waals surface area contributed by atoms with E-state index >= 15 is 0 Å². The zero-order valence-corrected chi connectivity index (χ0v) is 16.8. The lowest BCUT2D eigenvalue weighted by Gasteiger charge is -2.17. The van der Waals surface area contributed by atoms with Crippen LogP contribution in [0.3, 0.4) is 0 Å². The van der Waals surface area contributed by atoms with Gasteiger partial charge in [-0.1, -0.05) is 26.0 Å². The first kappa shape index (κ1) is 20.7. The maximum absolute atomic E-state index is 12.5. The van der Waals surface area contributed by atoms with Gasteiger partial charge in [-0.3, -0.25) is 9.48 Å². The fourth-order valence-corrected chi connectivity index (χ4v) is 3.16. The van der Waals surface area contributed by atoms with Gasteiger partial charge in [0.05, 0.1) is 11.3 Å². The maximum atomic E-state index is 12.5. The maximum Gasteiger partial charge on any atom is 0.335 e. The molecule has 0 atom stereocenters. The molecule has 0 aliphatic carbocycles. The van der Waals surface area contributed by atoms with Crippen molar-refractivity contribution >= 4 is 11.9 Å². The molecule has 6 nitrogen and oxygen atoms in total. The number of hydrogen-bond acceptors (Lipinski definition) is 3. The summed E-state index contributed by atoms with van der Waals surface area (Å²) < 4.78 is 2.04. The van der Waals surface area contributed by atoms with E-state index in [9.17, 15) is 9.59 Å². The van der Waals surface area contributed by atoms with Gasteiger partial charge in [-0.05, 0) is 49.4 Å². The van der Waals surface area contributed by atoms with Crippen LogP contribution in [0, 0.1) is 19.8 Å². The van der Waals surface area contributed by atoms with Crippen molar-refractivity contribution < 1.29 is 14.7 Å². The monoisotopic (exact) mass is 371 g/mol. The average molecular weight is 371 g/mol. The number of carbonyl (C=O) groups excluding carboxylic acids is 1. The van der Waals surface area contributed by atoms with Gasteiger partial charge in [0.25, 0.3) is 0 Å². The van der Waals surface area contributed by atoms with Crippen molar-refractivity contribution in [1.82, 2.24) is 14.7 Å². The molecule has 2 aromatic rings. The van der Waals surface area contributed by atoms with Gasteiger partial charge in [0.2, 0.25) is 5.91 Å². The molecular formula is C21H29N3O3. The summed E-state index contributed by atoms with van der Waals surface area (Å²) in [6.45, 7) is 9.73. The Bertz CT molecular complexity index is 807. The molecule has 0 bridgehead atoms. The van der Waals surface area contributed by atoms with Gasteiger partial charge in [-0.25, -0.2) is 4.79 Å². The fraction of sp³-hybridized carbons (Fsp3) is 0.476. The van der Waals surface area contributed by atoms with Crippen molar-refractivity contribution in [2.75, 3.05) is 7.05 Å². The molecule has 0 unspecified atom stereocenters. The molecule has 146 valence electrons. The summed E-state index contributed by atoms with van der Waals surface area (Å²) in [6.07, 6.45) is 1.11. The molecule has 27 heavy (non-hydrogen) atoms. The number of aromatic nitrogens is 2. The summed E-state index contributed by atoms with van der Waals surface area (Å²) in [6, 6.07) is 6.62. The number of amides is 1. The van der Waals surface area contributed by atoms with E-state index in [4.69, 9.17) is 5.11 Å². The number of carboxylic acid groups (broad SMARTS) is 1. The topological polar surface area (TPSA) is 75.4 Å². The van der Waals surface area contributed by atoms with Crippen LogP contribution >= 0.6 is 0 Å². The average Bonchev–Trinajstić information content (AvgIpc) is 2.86. The summed E-state index contributed by atoms with van der Waals surface area (Å²) in [7, 11) is 1.77. The van der Waals surface area contributed by atoms with Crippen LogP contribution in [0.15, 0.2) is 24.3 Å². The first-order valence-electron chi connectivity index (χ1n) is 9.28. The molecule has 0 aliphatic heterocycles. The Kier molecular flexibility index (Phi) is 6.77. The molecule has 0 saturated carbocycles. The SMILES string of the molecule is Cc1nn(CC(C)C)c(C)c1CCC(=O)N(C)Cc1ccc(C(=O)O)cc1. The number of rotatable bonds is 8. The van der Waals surface area contributed by atoms with Gasteiger partial charge in [0.1, 0.15) is 0 Å². The summed E-state index contributed by atoms with van der Waals surface area (Å²) >= 11 is 0.